The maximum absolute atomic E-state index is 14.7. The lowest BCUT2D eigenvalue weighted by Gasteiger charge is -2.29. The lowest BCUT2D eigenvalue weighted by atomic mass is 10.0. The minimum Gasteiger partial charge on any atom is -0.480 e. The van der Waals surface area contributed by atoms with Gasteiger partial charge in [0.15, 0.2) is 6.04 Å². The number of hydrogen-bond donors (Lipinski definition) is 13. The zero-order valence-corrected chi connectivity index (χ0v) is 41.5. The van der Waals surface area contributed by atoms with Gasteiger partial charge in [-0.05, 0) is 68.8 Å². The Morgan fingerprint density at radius 2 is 1.29 bits per heavy atom. The summed E-state index contributed by atoms with van der Waals surface area (Å²) in [6, 6.07) is 13.3. The molecule has 0 bridgehead atoms. The van der Waals surface area contributed by atoms with Gasteiger partial charge < -0.3 is 69.0 Å². The molecule has 72 heavy (non-hydrogen) atoms. The van der Waals surface area contributed by atoms with Gasteiger partial charge in [0.2, 0.25) is 41.4 Å². The van der Waals surface area contributed by atoms with Crippen LogP contribution in [0.3, 0.4) is 0 Å². The van der Waals surface area contributed by atoms with Crippen LogP contribution in [0.5, 0.6) is 0 Å². The fourth-order valence-corrected chi connectivity index (χ4v) is 10.1. The Hall–Kier alpha value is -6.50. The third-order valence-electron chi connectivity index (χ3n) is 11.8. The predicted molar refractivity (Wildman–Crippen MR) is 273 cm³/mol. The fraction of sp³-hybridized carbons (Fsp3) is 0.429. The summed E-state index contributed by atoms with van der Waals surface area (Å²) in [5.74, 6) is -8.24. The number of aromatic nitrogens is 1. The number of para-hydroxylation sites is 1. The van der Waals surface area contributed by atoms with E-state index in [1.165, 1.54) is 6.92 Å². The number of amides is 7. The molecular formula is C49H64N10O11S2. The van der Waals surface area contributed by atoms with E-state index in [9.17, 15) is 53.7 Å². The van der Waals surface area contributed by atoms with E-state index in [1.54, 1.807) is 66.9 Å². The summed E-state index contributed by atoms with van der Waals surface area (Å²) in [6.45, 7) is 2.60. The average molecular weight is 1030 g/mol. The lowest BCUT2D eigenvalue weighted by Crippen LogP contribution is -2.62. The Morgan fingerprint density at radius 1 is 0.708 bits per heavy atom. The number of carbonyl (C=O) groups excluding carboxylic acids is 7. The highest BCUT2D eigenvalue weighted by atomic mass is 33.1. The molecule has 0 spiro atoms. The van der Waals surface area contributed by atoms with Crippen LogP contribution in [0.1, 0.15) is 49.8 Å². The maximum Gasteiger partial charge on any atom is 0.328 e. The molecule has 0 unspecified atom stereocenters. The highest BCUT2D eigenvalue weighted by molar-refractivity contribution is 8.76. The highest BCUT2D eigenvalue weighted by Crippen LogP contribution is 2.24. The predicted octanol–water partition coefficient (Wildman–Crippen LogP) is -0.713. The van der Waals surface area contributed by atoms with Crippen molar-refractivity contribution in [3.8, 4) is 0 Å². The van der Waals surface area contributed by atoms with Crippen LogP contribution < -0.4 is 48.7 Å². The molecule has 15 N–H and O–H groups in total. The first-order valence-corrected chi connectivity index (χ1v) is 26.0. The molecule has 21 nitrogen and oxygen atoms in total. The molecule has 5 rings (SSSR count). The molecule has 1 aliphatic heterocycles. The minimum atomic E-state index is -1.80. The normalized spacial score (nSPS) is 22.6. The molecule has 1 saturated heterocycles. The van der Waals surface area contributed by atoms with Crippen LogP contribution in [0.4, 0.5) is 0 Å². The summed E-state index contributed by atoms with van der Waals surface area (Å²) in [7, 11) is 1.91. The number of aliphatic carboxylic acids is 1. The number of hydrogen-bond acceptors (Lipinski definition) is 14. The number of aliphatic hydroxyl groups is 2. The van der Waals surface area contributed by atoms with Crippen molar-refractivity contribution in [3.63, 3.8) is 0 Å². The largest absolute Gasteiger partial charge is 0.480 e. The second kappa shape index (κ2) is 27.9. The van der Waals surface area contributed by atoms with Gasteiger partial charge >= 0.3 is 5.97 Å². The summed E-state index contributed by atoms with van der Waals surface area (Å²) in [4.78, 5) is 115. The Morgan fingerprint density at radius 3 is 1.93 bits per heavy atom. The second-order valence-corrected chi connectivity index (χ2v) is 20.1. The van der Waals surface area contributed by atoms with E-state index in [0.717, 1.165) is 45.0 Å². The Kier molecular flexibility index (Phi) is 21.9. The number of rotatable bonds is 17. The van der Waals surface area contributed by atoms with Crippen LogP contribution in [-0.2, 0) is 57.6 Å². The highest BCUT2D eigenvalue weighted by Gasteiger charge is 2.37. The average Bonchev–Trinajstić information content (AvgIpc) is 3.76. The Labute approximate surface area is 424 Å². The summed E-state index contributed by atoms with van der Waals surface area (Å²) >= 11 is 0. The first kappa shape index (κ1) is 56.4. The molecule has 1 aliphatic rings. The van der Waals surface area contributed by atoms with Crippen molar-refractivity contribution in [3.05, 3.63) is 108 Å². The molecule has 2 heterocycles. The quantitative estimate of drug-likeness (QED) is 0.0459. The summed E-state index contributed by atoms with van der Waals surface area (Å²) in [6.07, 6.45) is -0.764. The molecule has 10 atom stereocenters. The van der Waals surface area contributed by atoms with Crippen molar-refractivity contribution in [2.45, 2.75) is 113 Å². The van der Waals surface area contributed by atoms with Gasteiger partial charge in [0.25, 0.3) is 0 Å². The van der Waals surface area contributed by atoms with E-state index < -0.39 is 108 Å². The second-order valence-electron chi connectivity index (χ2n) is 17.5. The smallest absolute Gasteiger partial charge is 0.328 e. The van der Waals surface area contributed by atoms with E-state index in [-0.39, 0.29) is 43.7 Å². The van der Waals surface area contributed by atoms with Crippen LogP contribution in [-0.4, -0.2) is 146 Å². The van der Waals surface area contributed by atoms with Gasteiger partial charge in [-0.1, -0.05) is 100 Å². The van der Waals surface area contributed by atoms with E-state index in [0.29, 0.717) is 24.0 Å². The number of benzene rings is 3. The number of carboxylic acids is 1. The lowest BCUT2D eigenvalue weighted by molar-refractivity contribution is -0.145. The zero-order chi connectivity index (χ0) is 52.3. The number of unbranched alkanes of at least 4 members (excludes halogenated alkanes) is 1. The first-order valence-electron chi connectivity index (χ1n) is 23.5. The summed E-state index contributed by atoms with van der Waals surface area (Å²) in [5.41, 5.74) is 14.9. The third kappa shape index (κ3) is 16.8. The SMILES string of the molecule is C[C@@H](O)[C@H](NC(=O)[C@@H]1CSSC[C@H](NC(=O)[C@H](N)Cc2ccccc2)C(=O)N[C@@H](Cc2ccccc2)C(=O)N[C@H](Cc2c[nH]c3ccccc23)C(=O)N[C@@H](CCCCN)C(=O)N[C@@H]([C@@H](C)O)C(=O)N1)C(=O)O. The van der Waals surface area contributed by atoms with Crippen LogP contribution in [0.25, 0.3) is 10.9 Å². The molecule has 0 radical (unpaired) electrons. The standard InChI is InChI=1S/C49H64N10O11S2/c1-27(60)40-48(68)57-39(47(67)59-41(28(2)61)49(69)70)26-72-71-25-38(56-42(62)33(51)21-29-13-5-3-6-14-29)46(66)54-36(22-30-15-7-4-8-16-30)44(64)55-37(23-31-24-52-34-18-10-9-17-32(31)34)45(65)53-35(43(63)58-40)19-11-12-20-50/h3-10,13-18,24,27-28,33,35-41,52,60-61H,11-12,19-23,25-26,50-51H2,1-2H3,(H,53,65)(H,54,66)(H,55,64)(H,56,62)(H,57,68)(H,58,63)(H,59,67)(H,69,70)/t27-,28-,33-,35+,36+,37-,38+,39+,40+,41+/m1/s1. The van der Waals surface area contributed by atoms with Crippen molar-refractivity contribution < 1.29 is 53.7 Å². The number of nitrogens with one attached hydrogen (secondary N) is 8. The molecule has 1 aromatic heterocycles. The van der Waals surface area contributed by atoms with Crippen LogP contribution in [0.2, 0.25) is 0 Å². The van der Waals surface area contributed by atoms with Gasteiger partial charge in [-0.25, -0.2) is 4.79 Å². The van der Waals surface area contributed by atoms with Gasteiger partial charge in [0, 0.05) is 41.4 Å². The first-order chi connectivity index (χ1) is 34.4. The summed E-state index contributed by atoms with van der Waals surface area (Å²) < 4.78 is 0. The molecule has 1 fully saturated rings. The molecule has 7 amide bonds. The topological polar surface area (TPSA) is 349 Å². The van der Waals surface area contributed by atoms with Gasteiger partial charge in [0.05, 0.1) is 18.2 Å². The molecule has 0 saturated carbocycles. The van der Waals surface area contributed by atoms with Crippen LogP contribution in [0.15, 0.2) is 91.1 Å². The Balaban J connectivity index is 1.57. The number of H-pyrrole nitrogens is 1. The zero-order valence-electron chi connectivity index (χ0n) is 39.9. The fourth-order valence-electron chi connectivity index (χ4n) is 7.77. The molecule has 0 aliphatic carbocycles. The molecular weight excluding hydrogens is 969 g/mol. The van der Waals surface area contributed by atoms with Gasteiger partial charge in [-0.2, -0.15) is 0 Å². The number of carboxylic acid groups (broad SMARTS) is 1. The van der Waals surface area contributed by atoms with Crippen molar-refractivity contribution in [2.24, 2.45) is 11.5 Å². The number of aliphatic hydroxyl groups excluding tert-OH is 2. The van der Waals surface area contributed by atoms with E-state index in [2.05, 4.69) is 42.2 Å². The van der Waals surface area contributed by atoms with E-state index >= 15 is 0 Å². The maximum atomic E-state index is 14.7. The number of nitrogens with two attached hydrogens (primary N) is 2. The van der Waals surface area contributed by atoms with Crippen molar-refractivity contribution >= 4 is 79.8 Å². The number of fused-ring (bicyclic) bond motifs is 1. The molecule has 4 aromatic rings. The number of carbonyl (C=O) groups is 8. The minimum absolute atomic E-state index is 0.000290. The molecule has 3 aromatic carbocycles. The Bertz CT molecular complexity index is 2480. The van der Waals surface area contributed by atoms with Crippen LogP contribution >= 0.6 is 21.6 Å². The van der Waals surface area contributed by atoms with E-state index in [4.69, 9.17) is 11.5 Å². The van der Waals surface area contributed by atoms with Crippen molar-refractivity contribution in [1.82, 2.24) is 42.2 Å². The molecule has 23 heteroatoms. The monoisotopic (exact) mass is 1030 g/mol. The molecule has 388 valence electrons. The third-order valence-corrected chi connectivity index (χ3v) is 14.2. The van der Waals surface area contributed by atoms with E-state index in [1.807, 2.05) is 24.3 Å². The number of aromatic amines is 1. The van der Waals surface area contributed by atoms with Gasteiger partial charge in [0.1, 0.15) is 36.3 Å². The van der Waals surface area contributed by atoms with Gasteiger partial charge in [-0.3, -0.25) is 33.6 Å². The van der Waals surface area contributed by atoms with Crippen molar-refractivity contribution in [1.29, 1.82) is 0 Å². The van der Waals surface area contributed by atoms with Crippen molar-refractivity contribution in [2.75, 3.05) is 18.1 Å². The summed E-state index contributed by atoms with van der Waals surface area (Å²) in [5, 5.41) is 49.7. The van der Waals surface area contributed by atoms with Gasteiger partial charge in [-0.15, -0.1) is 0 Å². The van der Waals surface area contributed by atoms with Crippen LogP contribution in [0, 0.1) is 0 Å².